The number of rotatable bonds is 3. The van der Waals surface area contributed by atoms with Crippen LogP contribution in [0.4, 0.5) is 0 Å². The summed E-state index contributed by atoms with van der Waals surface area (Å²) in [6, 6.07) is 13.2. The average molecular weight is 416 g/mol. The number of hydrogen-bond donors (Lipinski definition) is 1. The number of benzene rings is 1. The fraction of sp³-hybridized carbons (Fsp3) is 0.286. The summed E-state index contributed by atoms with van der Waals surface area (Å²) >= 11 is 5.54. The molecule has 154 valence electrons. The third kappa shape index (κ3) is 6.58. The molecule has 4 rings (SSSR count). The van der Waals surface area contributed by atoms with Crippen LogP contribution in [0.5, 0.6) is 5.88 Å². The zero-order valence-electron chi connectivity index (χ0n) is 17.1. The number of amidine groups is 1. The minimum absolute atomic E-state index is 0.509. The minimum atomic E-state index is 0.509. The fourth-order valence-electron chi connectivity index (χ4n) is 2.37. The van der Waals surface area contributed by atoms with E-state index in [2.05, 4.69) is 20.4 Å². The number of hydroxylamine groups is 1. The maximum atomic E-state index is 5.54. The van der Waals surface area contributed by atoms with Gasteiger partial charge in [-0.3, -0.25) is 9.83 Å². The highest BCUT2D eigenvalue weighted by molar-refractivity contribution is 6.30. The van der Waals surface area contributed by atoms with Crippen molar-refractivity contribution in [2.45, 2.75) is 20.8 Å². The summed E-state index contributed by atoms with van der Waals surface area (Å²) in [5, 5.41) is 0.794. The Hall–Kier alpha value is -2.90. The second-order valence-electron chi connectivity index (χ2n) is 5.62. The summed E-state index contributed by atoms with van der Waals surface area (Å²) in [6.07, 6.45) is 3.65. The molecule has 0 aliphatic carbocycles. The lowest BCUT2D eigenvalue weighted by Gasteiger charge is -2.15. The Morgan fingerprint density at radius 1 is 1.14 bits per heavy atom. The molecule has 0 spiro atoms. The molecule has 1 aromatic carbocycles. The topological polar surface area (TPSA) is 73.6 Å². The van der Waals surface area contributed by atoms with Gasteiger partial charge in [-0.05, 0) is 31.2 Å². The largest absolute Gasteiger partial charge is 0.479 e. The number of ether oxygens (including phenoxy) is 1. The molecule has 29 heavy (non-hydrogen) atoms. The van der Waals surface area contributed by atoms with E-state index in [0.29, 0.717) is 30.6 Å². The van der Waals surface area contributed by atoms with Crippen LogP contribution in [0.25, 0.3) is 5.69 Å². The van der Waals surface area contributed by atoms with Gasteiger partial charge in [0.2, 0.25) is 5.88 Å². The standard InChI is InChI=1S/C13H15N5O2.C6H5Cl.C2H6/c1-9-7-18(8-15-9)11-4-3-10(16-13(11)19-2)12-14-5-6-20-17-12;7-6-4-2-1-3-5-6;1-2/h3-4,7-8H,5-6H2,1-2H3,(H,14,17);1-5H;1-2H3. The number of nitrogens with one attached hydrogen (secondary N) is 1. The van der Waals surface area contributed by atoms with Crippen molar-refractivity contribution in [3.63, 3.8) is 0 Å². The van der Waals surface area contributed by atoms with Crippen molar-refractivity contribution in [1.29, 1.82) is 0 Å². The molecular formula is C21H26ClN5O2. The maximum Gasteiger partial charge on any atom is 0.238 e. The van der Waals surface area contributed by atoms with Crippen LogP contribution in [0.3, 0.4) is 0 Å². The van der Waals surface area contributed by atoms with Crippen molar-refractivity contribution in [1.82, 2.24) is 20.0 Å². The van der Waals surface area contributed by atoms with Crippen LogP contribution in [0, 0.1) is 6.92 Å². The van der Waals surface area contributed by atoms with Gasteiger partial charge in [0.25, 0.3) is 0 Å². The third-order valence-corrected chi connectivity index (χ3v) is 3.88. The van der Waals surface area contributed by atoms with Crippen LogP contribution in [0.1, 0.15) is 25.2 Å². The van der Waals surface area contributed by atoms with E-state index in [1.807, 2.05) is 74.0 Å². The van der Waals surface area contributed by atoms with E-state index in [4.69, 9.17) is 21.2 Å². The van der Waals surface area contributed by atoms with Crippen molar-refractivity contribution in [2.24, 2.45) is 4.99 Å². The molecule has 0 unspecified atom stereocenters. The molecule has 0 saturated carbocycles. The number of aromatic nitrogens is 3. The van der Waals surface area contributed by atoms with Crippen molar-refractivity contribution < 1.29 is 9.57 Å². The second-order valence-corrected chi connectivity index (χ2v) is 6.06. The van der Waals surface area contributed by atoms with Crippen LogP contribution < -0.4 is 10.2 Å². The highest BCUT2D eigenvalue weighted by atomic mass is 35.5. The minimum Gasteiger partial charge on any atom is -0.479 e. The SMILES string of the molecule is CC.COc1nc(C2=NCCON2)ccc1-n1cnc(C)c1.Clc1ccccc1. The molecule has 3 aromatic rings. The van der Waals surface area contributed by atoms with Gasteiger partial charge in [-0.25, -0.2) is 15.4 Å². The van der Waals surface area contributed by atoms with Gasteiger partial charge in [0.15, 0.2) is 5.84 Å². The third-order valence-electron chi connectivity index (χ3n) is 3.63. The molecule has 0 fully saturated rings. The average Bonchev–Trinajstić information content (AvgIpc) is 3.22. The summed E-state index contributed by atoms with van der Waals surface area (Å²) in [5.41, 5.74) is 5.21. The van der Waals surface area contributed by atoms with Gasteiger partial charge in [0.05, 0.1) is 32.3 Å². The van der Waals surface area contributed by atoms with Crippen molar-refractivity contribution in [3.8, 4) is 11.6 Å². The molecule has 8 heteroatoms. The normalized spacial score (nSPS) is 12.4. The maximum absolute atomic E-state index is 5.54. The van der Waals surface area contributed by atoms with Crippen molar-refractivity contribution >= 4 is 17.4 Å². The molecule has 3 heterocycles. The summed E-state index contributed by atoms with van der Waals surface area (Å²) in [6.45, 7) is 7.12. The number of aryl methyl sites for hydroxylation is 1. The van der Waals surface area contributed by atoms with Crippen LogP contribution in [0.15, 0.2) is 60.0 Å². The quantitative estimate of drug-likeness (QED) is 0.692. The Balaban J connectivity index is 0.000000280. The number of aliphatic imine (C=N–C) groups is 1. The van der Waals surface area contributed by atoms with Gasteiger partial charge < -0.3 is 9.30 Å². The Kier molecular flexibility index (Phi) is 9.14. The molecule has 1 aliphatic rings. The number of imidazole rings is 1. The van der Waals surface area contributed by atoms with E-state index >= 15 is 0 Å². The smallest absolute Gasteiger partial charge is 0.238 e. The number of pyridine rings is 1. The highest BCUT2D eigenvalue weighted by Crippen LogP contribution is 2.21. The zero-order chi connectivity index (χ0) is 21.1. The van der Waals surface area contributed by atoms with Gasteiger partial charge in [0.1, 0.15) is 11.4 Å². The van der Waals surface area contributed by atoms with Gasteiger partial charge >= 0.3 is 0 Å². The monoisotopic (exact) mass is 415 g/mol. The molecule has 0 radical (unpaired) electrons. The first kappa shape index (κ1) is 22.4. The lowest BCUT2D eigenvalue weighted by molar-refractivity contribution is 0.0824. The predicted molar refractivity (Wildman–Crippen MR) is 116 cm³/mol. The zero-order valence-corrected chi connectivity index (χ0v) is 17.8. The Morgan fingerprint density at radius 2 is 1.90 bits per heavy atom. The molecule has 7 nitrogen and oxygen atoms in total. The van der Waals surface area contributed by atoms with Crippen LogP contribution in [0.2, 0.25) is 5.02 Å². The summed E-state index contributed by atoms with van der Waals surface area (Å²) in [5.74, 6) is 1.12. The summed E-state index contributed by atoms with van der Waals surface area (Å²) in [4.78, 5) is 18.1. The van der Waals surface area contributed by atoms with Gasteiger partial charge in [-0.2, -0.15) is 0 Å². The first-order valence-corrected chi connectivity index (χ1v) is 9.74. The van der Waals surface area contributed by atoms with Crippen LogP contribution >= 0.6 is 11.6 Å². The molecule has 1 N–H and O–H groups in total. The Labute approximate surface area is 176 Å². The highest BCUT2D eigenvalue weighted by Gasteiger charge is 2.14. The van der Waals surface area contributed by atoms with Gasteiger partial charge in [0, 0.05) is 11.2 Å². The van der Waals surface area contributed by atoms with E-state index in [0.717, 1.165) is 16.4 Å². The fourth-order valence-corrected chi connectivity index (χ4v) is 2.51. The predicted octanol–water partition coefficient (Wildman–Crippen LogP) is 4.23. The van der Waals surface area contributed by atoms with Crippen molar-refractivity contribution in [2.75, 3.05) is 20.3 Å². The summed E-state index contributed by atoms with van der Waals surface area (Å²) < 4.78 is 7.23. The molecule has 1 aliphatic heterocycles. The van der Waals surface area contributed by atoms with E-state index in [1.165, 1.54) is 0 Å². The number of methoxy groups -OCH3 is 1. The molecular weight excluding hydrogens is 390 g/mol. The Morgan fingerprint density at radius 3 is 2.41 bits per heavy atom. The van der Waals surface area contributed by atoms with Gasteiger partial charge in [-0.15, -0.1) is 0 Å². The lowest BCUT2D eigenvalue weighted by atomic mass is 10.3. The lowest BCUT2D eigenvalue weighted by Crippen LogP contribution is -2.31. The molecule has 2 aromatic heterocycles. The number of hydrogen-bond acceptors (Lipinski definition) is 6. The van der Waals surface area contributed by atoms with Crippen LogP contribution in [-0.4, -0.2) is 40.6 Å². The molecule has 0 atom stereocenters. The first-order chi connectivity index (χ1) is 14.2. The molecule has 0 saturated heterocycles. The number of nitrogens with zero attached hydrogens (tertiary/aromatic N) is 4. The van der Waals surface area contributed by atoms with E-state index in [-0.39, 0.29) is 0 Å². The van der Waals surface area contributed by atoms with Gasteiger partial charge in [-0.1, -0.05) is 43.6 Å². The van der Waals surface area contributed by atoms with Crippen molar-refractivity contribution in [3.05, 3.63) is 71.4 Å². The number of halogens is 1. The molecule has 0 bridgehead atoms. The Bertz CT molecular complexity index is 912. The van der Waals surface area contributed by atoms with E-state index in [9.17, 15) is 0 Å². The van der Waals surface area contributed by atoms with E-state index in [1.54, 1.807) is 13.4 Å². The van der Waals surface area contributed by atoms with Crippen LogP contribution in [-0.2, 0) is 4.84 Å². The molecule has 0 amide bonds. The first-order valence-electron chi connectivity index (χ1n) is 9.36. The summed E-state index contributed by atoms with van der Waals surface area (Å²) in [7, 11) is 1.59. The van der Waals surface area contributed by atoms with E-state index < -0.39 is 0 Å². The second kappa shape index (κ2) is 11.8.